The fraction of sp³-hybridized carbons (Fsp3) is 0.324. The normalized spacial score (nSPS) is 16.6. The Morgan fingerprint density at radius 2 is 1.70 bits per heavy atom. The molecule has 0 aliphatic carbocycles. The summed E-state index contributed by atoms with van der Waals surface area (Å²) in [6, 6.07) is 17.0. The number of amides is 2. The van der Waals surface area contributed by atoms with Gasteiger partial charge in [-0.2, -0.15) is 5.10 Å². The van der Waals surface area contributed by atoms with Gasteiger partial charge in [0.05, 0.1) is 21.3 Å². The minimum atomic E-state index is -0.561. The van der Waals surface area contributed by atoms with E-state index in [2.05, 4.69) is 16.0 Å². The Kier molecular flexibility index (Phi) is 7.48. The smallest absolute Gasteiger partial charge is 0.272 e. The molecule has 0 radical (unpaired) electrons. The molecule has 2 amide bonds. The van der Waals surface area contributed by atoms with E-state index in [-0.39, 0.29) is 17.5 Å². The molecule has 2 aromatic carbocycles. The van der Waals surface area contributed by atoms with E-state index in [1.54, 1.807) is 28.5 Å². The van der Waals surface area contributed by atoms with Crippen LogP contribution >= 0.6 is 11.3 Å². The molecule has 2 aliphatic heterocycles. The van der Waals surface area contributed by atoms with Crippen LogP contribution in [0.15, 0.2) is 67.0 Å². The summed E-state index contributed by atoms with van der Waals surface area (Å²) in [7, 11) is 0. The van der Waals surface area contributed by atoms with Crippen LogP contribution in [0.5, 0.6) is 5.75 Å². The minimum absolute atomic E-state index is 0.0850. The number of hydrogen-bond donors (Lipinski definition) is 0. The summed E-state index contributed by atoms with van der Waals surface area (Å²) in [6.45, 7) is 2.66. The molecule has 0 atom stereocenters. The van der Waals surface area contributed by atoms with Crippen molar-refractivity contribution in [1.82, 2.24) is 29.5 Å². The van der Waals surface area contributed by atoms with Crippen LogP contribution < -0.4 is 4.74 Å². The van der Waals surface area contributed by atoms with Crippen LogP contribution in [-0.2, 0) is 12.1 Å². The van der Waals surface area contributed by atoms with E-state index in [9.17, 15) is 9.59 Å². The Hall–Kier alpha value is -4.75. The van der Waals surface area contributed by atoms with Gasteiger partial charge in [-0.25, -0.2) is 9.97 Å². The monoisotopic (exact) mass is 604 g/mol. The standard InChI is InChI=1S/C34H32N6O3S/c1-2-34(40-18-8-15-35-40)13-19-39(20-14-34)33(42)29-22-26(32(41)38-16-6-3-7-17-38)25-21-24(11-12-27(25)36-29)43-23-31-37-28-9-4-5-10-30(28)44-31/h1,4-5,8-12,15,18,21-22H,3,6-7,13-14,16-17,19-20,23H2. The second-order valence-corrected chi connectivity index (χ2v) is 12.5. The van der Waals surface area contributed by atoms with Gasteiger partial charge in [0.2, 0.25) is 0 Å². The van der Waals surface area contributed by atoms with Gasteiger partial charge in [0.25, 0.3) is 11.8 Å². The van der Waals surface area contributed by atoms with Crippen molar-refractivity contribution in [3.05, 3.63) is 83.3 Å². The van der Waals surface area contributed by atoms with Crippen molar-refractivity contribution in [2.45, 2.75) is 44.2 Å². The summed E-state index contributed by atoms with van der Waals surface area (Å²) in [6.07, 6.45) is 13.8. The van der Waals surface area contributed by atoms with E-state index < -0.39 is 5.54 Å². The summed E-state index contributed by atoms with van der Waals surface area (Å²) in [5.74, 6) is 3.24. The zero-order valence-electron chi connectivity index (χ0n) is 24.3. The molecule has 0 N–H and O–H groups in total. The van der Waals surface area contributed by atoms with Gasteiger partial charge in [-0.05, 0) is 61.7 Å². The third kappa shape index (κ3) is 5.28. The largest absolute Gasteiger partial charge is 0.486 e. The number of fused-ring (bicyclic) bond motifs is 2. The van der Waals surface area contributed by atoms with Gasteiger partial charge in [0.1, 0.15) is 28.6 Å². The Bertz CT molecular complexity index is 1850. The molecular weight excluding hydrogens is 572 g/mol. The van der Waals surface area contributed by atoms with Gasteiger partial charge < -0.3 is 14.5 Å². The molecule has 222 valence electrons. The molecule has 5 heterocycles. The van der Waals surface area contributed by atoms with Crippen molar-refractivity contribution in [3.8, 4) is 18.1 Å². The summed E-state index contributed by atoms with van der Waals surface area (Å²) >= 11 is 1.60. The Morgan fingerprint density at radius 1 is 0.909 bits per heavy atom. The summed E-state index contributed by atoms with van der Waals surface area (Å²) in [5.41, 5.74) is 1.69. The summed E-state index contributed by atoms with van der Waals surface area (Å²) in [5, 5.41) is 5.91. The van der Waals surface area contributed by atoms with Gasteiger partial charge in [-0.15, -0.1) is 17.8 Å². The predicted molar refractivity (Wildman–Crippen MR) is 170 cm³/mol. The molecule has 5 aromatic rings. The van der Waals surface area contributed by atoms with Crippen LogP contribution in [0.4, 0.5) is 0 Å². The lowest BCUT2D eigenvalue weighted by Crippen LogP contribution is -2.47. The molecule has 0 saturated carbocycles. The molecule has 44 heavy (non-hydrogen) atoms. The SMILES string of the molecule is C#CC1(n2cccn2)CCN(C(=O)c2cc(C(=O)N3CCCCC3)c3cc(OCc4nc5ccccc5s4)ccc3n2)CC1. The molecule has 0 bridgehead atoms. The number of rotatable bonds is 6. The number of piperidine rings is 2. The number of aromatic nitrogens is 4. The van der Waals surface area contributed by atoms with E-state index in [0.717, 1.165) is 34.5 Å². The molecule has 0 spiro atoms. The van der Waals surface area contributed by atoms with Gasteiger partial charge >= 0.3 is 0 Å². The van der Waals surface area contributed by atoms with Gasteiger partial charge in [0.15, 0.2) is 0 Å². The van der Waals surface area contributed by atoms with Crippen molar-refractivity contribution in [2.75, 3.05) is 26.2 Å². The van der Waals surface area contributed by atoms with Crippen molar-refractivity contribution < 1.29 is 14.3 Å². The topological polar surface area (TPSA) is 93.5 Å². The first-order valence-electron chi connectivity index (χ1n) is 15.0. The third-order valence-electron chi connectivity index (χ3n) is 8.66. The second-order valence-electron chi connectivity index (χ2n) is 11.4. The van der Waals surface area contributed by atoms with Gasteiger partial charge in [-0.1, -0.05) is 18.1 Å². The Balaban J connectivity index is 1.17. The highest BCUT2D eigenvalue weighted by atomic mass is 32.1. The fourth-order valence-corrected chi connectivity index (χ4v) is 7.06. The third-order valence-corrected chi connectivity index (χ3v) is 9.67. The minimum Gasteiger partial charge on any atom is -0.486 e. The Labute approximate surface area is 259 Å². The predicted octanol–water partition coefficient (Wildman–Crippen LogP) is 5.51. The number of nitrogens with zero attached hydrogens (tertiary/aromatic N) is 6. The number of benzene rings is 2. The maximum Gasteiger partial charge on any atom is 0.272 e. The lowest BCUT2D eigenvalue weighted by molar-refractivity contribution is 0.0641. The van der Waals surface area contributed by atoms with Crippen LogP contribution in [0.2, 0.25) is 0 Å². The lowest BCUT2D eigenvalue weighted by Gasteiger charge is -2.38. The average molecular weight is 605 g/mol. The molecule has 0 unspecified atom stereocenters. The molecule has 2 fully saturated rings. The van der Waals surface area contributed by atoms with Crippen molar-refractivity contribution in [3.63, 3.8) is 0 Å². The van der Waals surface area contributed by atoms with Crippen LogP contribution in [0.1, 0.15) is 58.0 Å². The molecule has 2 saturated heterocycles. The zero-order valence-corrected chi connectivity index (χ0v) is 25.1. The van der Waals surface area contributed by atoms with Crippen LogP contribution in [0.3, 0.4) is 0 Å². The molecule has 2 aliphatic rings. The zero-order chi connectivity index (χ0) is 30.1. The highest BCUT2D eigenvalue weighted by molar-refractivity contribution is 7.18. The maximum absolute atomic E-state index is 13.9. The first-order valence-corrected chi connectivity index (χ1v) is 15.8. The number of carbonyl (C=O) groups excluding carboxylic acids is 2. The number of terminal acetylenes is 1. The number of carbonyl (C=O) groups is 2. The van der Waals surface area contributed by atoms with E-state index in [1.807, 2.05) is 64.3 Å². The van der Waals surface area contributed by atoms with E-state index in [0.29, 0.717) is 67.8 Å². The van der Waals surface area contributed by atoms with Crippen molar-refractivity contribution in [1.29, 1.82) is 0 Å². The van der Waals surface area contributed by atoms with E-state index in [4.69, 9.17) is 16.1 Å². The first kappa shape index (κ1) is 28.0. The number of pyridine rings is 1. The summed E-state index contributed by atoms with van der Waals surface area (Å²) < 4.78 is 9.07. The lowest BCUT2D eigenvalue weighted by atomic mass is 9.88. The number of hydrogen-bond acceptors (Lipinski definition) is 7. The van der Waals surface area contributed by atoms with Crippen LogP contribution in [0.25, 0.3) is 21.1 Å². The van der Waals surface area contributed by atoms with E-state index in [1.165, 1.54) is 0 Å². The van der Waals surface area contributed by atoms with E-state index >= 15 is 0 Å². The molecule has 7 rings (SSSR count). The molecule has 9 nitrogen and oxygen atoms in total. The Morgan fingerprint density at radius 3 is 2.45 bits per heavy atom. The first-order chi connectivity index (χ1) is 21.5. The fourth-order valence-electron chi connectivity index (χ4n) is 6.18. The quantitative estimate of drug-likeness (QED) is 0.237. The van der Waals surface area contributed by atoms with Crippen LogP contribution in [0, 0.1) is 12.3 Å². The highest BCUT2D eigenvalue weighted by Gasteiger charge is 2.37. The second kappa shape index (κ2) is 11.7. The number of thiazole rings is 1. The maximum atomic E-state index is 13.9. The highest BCUT2D eigenvalue weighted by Crippen LogP contribution is 2.31. The number of para-hydroxylation sites is 1. The van der Waals surface area contributed by atoms with Gasteiger partial charge in [-0.3, -0.25) is 14.3 Å². The van der Waals surface area contributed by atoms with Crippen molar-refractivity contribution in [2.24, 2.45) is 0 Å². The number of ether oxygens (including phenoxy) is 1. The molecular formula is C34H32N6O3S. The number of likely N-dealkylation sites (tertiary alicyclic amines) is 2. The summed E-state index contributed by atoms with van der Waals surface area (Å²) in [4.78, 5) is 40.8. The molecule has 10 heteroatoms. The van der Waals surface area contributed by atoms with Crippen LogP contribution in [-0.4, -0.2) is 67.5 Å². The average Bonchev–Trinajstić information content (AvgIpc) is 3.78. The van der Waals surface area contributed by atoms with Gasteiger partial charge in [0, 0.05) is 56.8 Å². The molecule has 3 aromatic heterocycles. The van der Waals surface area contributed by atoms with Crippen molar-refractivity contribution >= 4 is 44.3 Å².